The maximum absolute atomic E-state index is 11.5. The lowest BCUT2D eigenvalue weighted by atomic mass is 9.98. The van der Waals surface area contributed by atoms with Gasteiger partial charge in [-0.1, -0.05) is 59.3 Å². The van der Waals surface area contributed by atoms with Crippen LogP contribution in [0.4, 0.5) is 0 Å². The minimum Gasteiger partial charge on any atom is -0.478 e. The third-order valence-electron chi connectivity index (χ3n) is 4.74. The molecule has 1 heterocycles. The van der Waals surface area contributed by atoms with Crippen LogP contribution in [-0.4, -0.2) is 26.1 Å². The van der Waals surface area contributed by atoms with Crippen LogP contribution >= 0.6 is 0 Å². The second kappa shape index (κ2) is 7.12. The summed E-state index contributed by atoms with van der Waals surface area (Å²) in [5.41, 5.74) is 6.42. The molecule has 0 unspecified atom stereocenters. The maximum Gasteiger partial charge on any atom is 0.335 e. The number of aromatic carboxylic acids is 1. The van der Waals surface area contributed by atoms with Crippen LogP contribution in [-0.2, 0) is 0 Å². The van der Waals surface area contributed by atoms with E-state index in [1.54, 1.807) is 16.8 Å². The van der Waals surface area contributed by atoms with Crippen molar-refractivity contribution in [3.63, 3.8) is 0 Å². The van der Waals surface area contributed by atoms with Crippen molar-refractivity contribution in [2.75, 3.05) is 0 Å². The summed E-state index contributed by atoms with van der Waals surface area (Å²) >= 11 is 0. The molecular weight excluding hydrogens is 350 g/mol. The summed E-state index contributed by atoms with van der Waals surface area (Å²) < 4.78 is 1.77. The maximum atomic E-state index is 11.5. The van der Waals surface area contributed by atoms with E-state index in [1.165, 1.54) is 0 Å². The van der Waals surface area contributed by atoms with E-state index in [0.29, 0.717) is 5.69 Å². The second-order valence-electron chi connectivity index (χ2n) is 6.73. The van der Waals surface area contributed by atoms with Crippen LogP contribution in [0.5, 0.6) is 0 Å². The highest BCUT2D eigenvalue weighted by molar-refractivity contribution is 5.91. The van der Waals surface area contributed by atoms with Gasteiger partial charge in [-0.25, -0.2) is 9.48 Å². The largest absolute Gasteiger partial charge is 0.478 e. The summed E-state index contributed by atoms with van der Waals surface area (Å²) in [5, 5.41) is 18.3. The topological polar surface area (TPSA) is 68.0 Å². The van der Waals surface area contributed by atoms with Crippen LogP contribution in [0.25, 0.3) is 28.2 Å². The molecule has 0 aliphatic heterocycles. The average molecular weight is 369 g/mol. The van der Waals surface area contributed by atoms with Crippen LogP contribution in [0, 0.1) is 13.8 Å². The number of hydrogen-bond acceptors (Lipinski definition) is 3. The van der Waals surface area contributed by atoms with Crippen molar-refractivity contribution >= 4 is 5.97 Å². The Kier molecular flexibility index (Phi) is 4.49. The Balaban J connectivity index is 2.01. The molecule has 0 spiro atoms. The highest BCUT2D eigenvalue weighted by Gasteiger charge is 2.20. The molecule has 0 amide bonds. The Morgan fingerprint density at radius 3 is 2.32 bits per heavy atom. The highest BCUT2D eigenvalue weighted by atomic mass is 16.4. The predicted octanol–water partition coefficient (Wildman–Crippen LogP) is 4.92. The van der Waals surface area contributed by atoms with E-state index in [4.69, 9.17) is 0 Å². The molecule has 0 radical (unpaired) electrons. The van der Waals surface area contributed by atoms with Gasteiger partial charge >= 0.3 is 5.97 Å². The molecule has 0 aliphatic rings. The normalized spacial score (nSPS) is 10.8. The van der Waals surface area contributed by atoms with Crippen molar-refractivity contribution in [3.05, 3.63) is 89.5 Å². The van der Waals surface area contributed by atoms with Crippen molar-refractivity contribution in [3.8, 4) is 28.2 Å². The Bertz CT molecular complexity index is 1150. The Hall–Kier alpha value is -3.73. The molecule has 4 rings (SSSR count). The zero-order valence-electron chi connectivity index (χ0n) is 15.6. The number of aromatic nitrogens is 3. The molecule has 1 N–H and O–H groups in total. The lowest BCUT2D eigenvalue weighted by molar-refractivity contribution is 0.0697. The zero-order chi connectivity index (χ0) is 19.7. The van der Waals surface area contributed by atoms with Crippen LogP contribution in [0.1, 0.15) is 21.5 Å². The third-order valence-corrected chi connectivity index (χ3v) is 4.74. The van der Waals surface area contributed by atoms with Gasteiger partial charge in [0.1, 0.15) is 11.4 Å². The van der Waals surface area contributed by atoms with Crippen LogP contribution < -0.4 is 0 Å². The quantitative estimate of drug-likeness (QED) is 0.555. The molecule has 0 saturated carbocycles. The second-order valence-corrected chi connectivity index (χ2v) is 6.73. The molecule has 4 aromatic rings. The fourth-order valence-electron chi connectivity index (χ4n) is 3.19. The van der Waals surface area contributed by atoms with Gasteiger partial charge in [-0.05, 0) is 43.7 Å². The minimum atomic E-state index is -0.961. The van der Waals surface area contributed by atoms with E-state index in [9.17, 15) is 9.90 Å². The molecule has 5 heteroatoms. The summed E-state index contributed by atoms with van der Waals surface area (Å²) in [6.07, 6.45) is 0. The number of nitrogens with zero attached hydrogens (tertiary/aromatic N) is 3. The highest BCUT2D eigenvalue weighted by Crippen LogP contribution is 2.34. The average Bonchev–Trinajstić information content (AvgIpc) is 3.14. The van der Waals surface area contributed by atoms with Crippen LogP contribution in [0.2, 0.25) is 0 Å². The number of aryl methyl sites for hydroxylation is 2. The monoisotopic (exact) mass is 369 g/mol. The van der Waals surface area contributed by atoms with Crippen LogP contribution in [0.15, 0.2) is 72.8 Å². The number of carbonyl (C=O) groups is 1. The number of hydrogen-bond donors (Lipinski definition) is 1. The molecule has 0 bridgehead atoms. The number of carboxylic acids is 1. The van der Waals surface area contributed by atoms with Gasteiger partial charge in [0.2, 0.25) is 0 Å². The van der Waals surface area contributed by atoms with E-state index >= 15 is 0 Å². The van der Waals surface area contributed by atoms with Gasteiger partial charge in [-0.2, -0.15) is 0 Å². The van der Waals surface area contributed by atoms with E-state index in [1.807, 2.05) is 74.5 Å². The van der Waals surface area contributed by atoms with E-state index in [0.717, 1.165) is 33.6 Å². The molecule has 0 fully saturated rings. The molecule has 5 nitrogen and oxygen atoms in total. The van der Waals surface area contributed by atoms with Crippen molar-refractivity contribution in [2.45, 2.75) is 13.8 Å². The van der Waals surface area contributed by atoms with E-state index in [2.05, 4.69) is 10.3 Å². The third kappa shape index (κ3) is 3.18. The summed E-state index contributed by atoms with van der Waals surface area (Å²) in [5.74, 6) is -0.961. The first kappa shape index (κ1) is 17.7. The zero-order valence-corrected chi connectivity index (χ0v) is 15.6. The molecule has 3 aromatic carbocycles. The van der Waals surface area contributed by atoms with Crippen molar-refractivity contribution < 1.29 is 9.90 Å². The van der Waals surface area contributed by atoms with Gasteiger partial charge in [0.15, 0.2) is 0 Å². The lowest BCUT2D eigenvalue weighted by Crippen LogP contribution is -2.03. The van der Waals surface area contributed by atoms with Gasteiger partial charge in [0.25, 0.3) is 0 Å². The number of rotatable bonds is 4. The number of benzene rings is 3. The van der Waals surface area contributed by atoms with Crippen molar-refractivity contribution in [2.24, 2.45) is 0 Å². The molecular formula is C23H19N3O2. The fourth-order valence-corrected chi connectivity index (χ4v) is 3.19. The minimum absolute atomic E-state index is 0.233. The van der Waals surface area contributed by atoms with Gasteiger partial charge in [0, 0.05) is 11.1 Å². The van der Waals surface area contributed by atoms with E-state index < -0.39 is 5.97 Å². The first-order valence-electron chi connectivity index (χ1n) is 8.97. The Morgan fingerprint density at radius 2 is 1.64 bits per heavy atom. The van der Waals surface area contributed by atoms with Crippen molar-refractivity contribution in [1.82, 2.24) is 15.0 Å². The fraction of sp³-hybridized carbons (Fsp3) is 0.0870. The molecule has 138 valence electrons. The number of carboxylic acid groups (broad SMARTS) is 1. The standard InChI is InChI=1S/C23H19N3O2/c1-15-8-12-19(13-9-15)26-22(20-14-18(23(27)28)11-10-16(20)2)21(24-25-26)17-6-4-3-5-7-17/h3-14H,1-2H3,(H,27,28). The van der Waals surface area contributed by atoms with Gasteiger partial charge in [-0.3, -0.25) is 0 Å². The molecule has 0 saturated heterocycles. The smallest absolute Gasteiger partial charge is 0.335 e. The molecule has 0 atom stereocenters. The first-order valence-corrected chi connectivity index (χ1v) is 8.97. The summed E-state index contributed by atoms with van der Waals surface area (Å²) in [4.78, 5) is 11.5. The van der Waals surface area contributed by atoms with E-state index in [-0.39, 0.29) is 5.56 Å². The SMILES string of the molecule is Cc1ccc(-n2nnc(-c3ccccc3)c2-c2cc(C(=O)O)ccc2C)cc1. The molecule has 28 heavy (non-hydrogen) atoms. The molecule has 1 aromatic heterocycles. The van der Waals surface area contributed by atoms with Gasteiger partial charge in [-0.15, -0.1) is 5.10 Å². The molecule has 0 aliphatic carbocycles. The summed E-state index contributed by atoms with van der Waals surface area (Å²) in [7, 11) is 0. The summed E-state index contributed by atoms with van der Waals surface area (Å²) in [6, 6.07) is 22.9. The summed E-state index contributed by atoms with van der Waals surface area (Å²) in [6.45, 7) is 3.99. The van der Waals surface area contributed by atoms with Gasteiger partial charge < -0.3 is 5.11 Å². The predicted molar refractivity (Wildman–Crippen MR) is 109 cm³/mol. The Morgan fingerprint density at radius 1 is 0.929 bits per heavy atom. The van der Waals surface area contributed by atoms with Crippen LogP contribution in [0.3, 0.4) is 0 Å². The first-order chi connectivity index (χ1) is 13.5. The lowest BCUT2D eigenvalue weighted by Gasteiger charge is -2.12. The van der Waals surface area contributed by atoms with Crippen molar-refractivity contribution in [1.29, 1.82) is 0 Å². The van der Waals surface area contributed by atoms with Gasteiger partial charge in [0.05, 0.1) is 11.3 Å². The Labute approximate surface area is 162 Å².